The van der Waals surface area contributed by atoms with Crippen LogP contribution < -0.4 is 11.1 Å². The van der Waals surface area contributed by atoms with Gasteiger partial charge in [-0.25, -0.2) is 0 Å². The van der Waals surface area contributed by atoms with Crippen LogP contribution in [0.5, 0.6) is 0 Å². The van der Waals surface area contributed by atoms with Gasteiger partial charge >= 0.3 is 0 Å². The van der Waals surface area contributed by atoms with Crippen LogP contribution in [0.3, 0.4) is 0 Å². The van der Waals surface area contributed by atoms with Crippen LogP contribution in [0.1, 0.15) is 13.8 Å². The normalized spacial score (nSPS) is 13.2. The van der Waals surface area contributed by atoms with E-state index in [1.807, 2.05) is 55.6 Å². The molecule has 3 N–H and O–H groups in total. The Labute approximate surface area is 129 Å². The van der Waals surface area contributed by atoms with Crippen LogP contribution in [0.4, 0.5) is 5.69 Å². The van der Waals surface area contributed by atoms with Gasteiger partial charge in [-0.15, -0.1) is 23.7 Å². The molecule has 1 aromatic heterocycles. The van der Waals surface area contributed by atoms with Crippen molar-refractivity contribution in [3.05, 3.63) is 41.8 Å². The molecule has 0 saturated heterocycles. The third-order valence-electron chi connectivity index (χ3n) is 3.17. The number of hydrogen-bond donors (Lipinski definition) is 2. The van der Waals surface area contributed by atoms with Crippen LogP contribution in [0.25, 0.3) is 10.4 Å². The van der Waals surface area contributed by atoms with Crippen LogP contribution in [0, 0.1) is 5.92 Å². The quantitative estimate of drug-likeness (QED) is 0.903. The van der Waals surface area contributed by atoms with Crippen molar-refractivity contribution in [3.63, 3.8) is 0 Å². The van der Waals surface area contributed by atoms with Crippen molar-refractivity contribution in [2.24, 2.45) is 11.7 Å². The van der Waals surface area contributed by atoms with Crippen LogP contribution >= 0.6 is 23.7 Å². The molecule has 3 nitrogen and oxygen atoms in total. The predicted octanol–water partition coefficient (Wildman–Crippen LogP) is 3.76. The SMILES string of the molecule is CC(N)C(C)C(=O)Nc1ccccc1-c1cccs1.Cl. The molecule has 0 aliphatic carbocycles. The molecule has 0 fully saturated rings. The number of para-hydroxylation sites is 1. The second kappa shape index (κ2) is 7.43. The van der Waals surface area contributed by atoms with E-state index in [0.717, 1.165) is 16.1 Å². The average molecular weight is 311 g/mol. The van der Waals surface area contributed by atoms with Crippen LogP contribution in [-0.4, -0.2) is 11.9 Å². The molecule has 0 aliphatic rings. The molecule has 1 amide bonds. The Bertz CT molecular complexity index is 555. The Morgan fingerprint density at radius 3 is 2.50 bits per heavy atom. The lowest BCUT2D eigenvalue weighted by Gasteiger charge is -2.16. The van der Waals surface area contributed by atoms with E-state index >= 15 is 0 Å². The van der Waals surface area contributed by atoms with Crippen molar-refractivity contribution in [1.82, 2.24) is 0 Å². The minimum absolute atomic E-state index is 0. The van der Waals surface area contributed by atoms with E-state index in [9.17, 15) is 4.79 Å². The number of carbonyl (C=O) groups excluding carboxylic acids is 1. The Morgan fingerprint density at radius 2 is 1.90 bits per heavy atom. The molecule has 20 heavy (non-hydrogen) atoms. The molecule has 0 aliphatic heterocycles. The summed E-state index contributed by atoms with van der Waals surface area (Å²) in [6.45, 7) is 3.68. The number of hydrogen-bond acceptors (Lipinski definition) is 3. The minimum Gasteiger partial charge on any atom is -0.327 e. The van der Waals surface area contributed by atoms with Crippen LogP contribution in [0.15, 0.2) is 41.8 Å². The first kappa shape index (κ1) is 16.7. The van der Waals surface area contributed by atoms with Crippen molar-refractivity contribution in [1.29, 1.82) is 0 Å². The summed E-state index contributed by atoms with van der Waals surface area (Å²) in [5.74, 6) is -0.254. The third kappa shape index (κ3) is 3.82. The van der Waals surface area contributed by atoms with Gasteiger partial charge in [0.25, 0.3) is 0 Å². The highest BCUT2D eigenvalue weighted by molar-refractivity contribution is 7.13. The topological polar surface area (TPSA) is 55.1 Å². The van der Waals surface area contributed by atoms with E-state index in [4.69, 9.17) is 5.73 Å². The first-order valence-electron chi connectivity index (χ1n) is 6.29. The zero-order valence-corrected chi connectivity index (χ0v) is 13.1. The maximum absolute atomic E-state index is 12.1. The molecule has 2 aromatic rings. The van der Waals surface area contributed by atoms with Gasteiger partial charge in [-0.05, 0) is 24.4 Å². The van der Waals surface area contributed by atoms with E-state index in [2.05, 4.69) is 5.32 Å². The highest BCUT2D eigenvalue weighted by atomic mass is 35.5. The van der Waals surface area contributed by atoms with Crippen molar-refractivity contribution >= 4 is 35.3 Å². The van der Waals surface area contributed by atoms with E-state index < -0.39 is 0 Å². The predicted molar refractivity (Wildman–Crippen MR) is 88.4 cm³/mol. The zero-order valence-electron chi connectivity index (χ0n) is 11.5. The summed E-state index contributed by atoms with van der Waals surface area (Å²) in [6.07, 6.45) is 0. The number of anilines is 1. The summed E-state index contributed by atoms with van der Waals surface area (Å²) in [5.41, 5.74) is 7.64. The number of nitrogens with two attached hydrogens (primary N) is 1. The molecule has 0 radical (unpaired) electrons. The number of benzene rings is 1. The number of thiophene rings is 1. The molecule has 2 unspecified atom stereocenters. The van der Waals surface area contributed by atoms with E-state index in [1.165, 1.54) is 0 Å². The lowest BCUT2D eigenvalue weighted by atomic mass is 10.0. The smallest absolute Gasteiger partial charge is 0.228 e. The van der Waals surface area contributed by atoms with Gasteiger partial charge in [-0.3, -0.25) is 4.79 Å². The number of nitrogens with one attached hydrogen (secondary N) is 1. The molecule has 0 spiro atoms. The fourth-order valence-corrected chi connectivity index (χ4v) is 2.49. The largest absolute Gasteiger partial charge is 0.327 e. The van der Waals surface area contributed by atoms with Crippen molar-refractivity contribution < 1.29 is 4.79 Å². The van der Waals surface area contributed by atoms with Gasteiger partial charge in [0.05, 0.1) is 5.92 Å². The Morgan fingerprint density at radius 1 is 1.20 bits per heavy atom. The standard InChI is InChI=1S/C15H18N2OS.ClH/c1-10(11(2)16)15(18)17-13-7-4-3-6-12(13)14-8-5-9-19-14;/h3-11H,16H2,1-2H3,(H,17,18);1H. The molecule has 1 aromatic carbocycles. The Kier molecular flexibility index (Phi) is 6.20. The maximum Gasteiger partial charge on any atom is 0.228 e. The van der Waals surface area contributed by atoms with Crippen molar-refractivity contribution in [2.75, 3.05) is 5.32 Å². The fraction of sp³-hybridized carbons (Fsp3) is 0.267. The van der Waals surface area contributed by atoms with Crippen molar-refractivity contribution in [3.8, 4) is 10.4 Å². The van der Waals surface area contributed by atoms with E-state index in [-0.39, 0.29) is 30.3 Å². The molecule has 108 valence electrons. The van der Waals surface area contributed by atoms with Crippen LogP contribution in [0.2, 0.25) is 0 Å². The summed E-state index contributed by atoms with van der Waals surface area (Å²) >= 11 is 1.66. The highest BCUT2D eigenvalue weighted by Gasteiger charge is 2.18. The van der Waals surface area contributed by atoms with Gasteiger partial charge in [-0.2, -0.15) is 0 Å². The van der Waals surface area contributed by atoms with Gasteiger partial charge < -0.3 is 11.1 Å². The fourth-order valence-electron chi connectivity index (χ4n) is 1.72. The van der Waals surface area contributed by atoms with Gasteiger partial charge in [0, 0.05) is 22.2 Å². The Balaban J connectivity index is 0.00000200. The summed E-state index contributed by atoms with van der Waals surface area (Å²) in [4.78, 5) is 13.2. The summed E-state index contributed by atoms with van der Waals surface area (Å²) < 4.78 is 0. The second-order valence-electron chi connectivity index (χ2n) is 4.66. The molecule has 2 rings (SSSR count). The molecule has 0 saturated carbocycles. The first-order chi connectivity index (χ1) is 9.09. The lowest BCUT2D eigenvalue weighted by Crippen LogP contribution is -2.34. The second-order valence-corrected chi connectivity index (χ2v) is 5.61. The summed E-state index contributed by atoms with van der Waals surface area (Å²) in [6, 6.07) is 11.7. The van der Waals surface area contributed by atoms with Crippen LogP contribution in [-0.2, 0) is 4.79 Å². The highest BCUT2D eigenvalue weighted by Crippen LogP contribution is 2.31. The number of rotatable bonds is 4. The van der Waals surface area contributed by atoms with Crippen molar-refractivity contribution in [2.45, 2.75) is 19.9 Å². The van der Waals surface area contributed by atoms with E-state index in [1.54, 1.807) is 11.3 Å². The molecule has 1 heterocycles. The van der Waals surface area contributed by atoms with Gasteiger partial charge in [0.1, 0.15) is 0 Å². The molecule has 2 atom stereocenters. The molecule has 0 bridgehead atoms. The molecular formula is C15H19ClN2OS. The minimum atomic E-state index is -0.212. The Hall–Kier alpha value is -1.36. The van der Waals surface area contributed by atoms with Gasteiger partial charge in [-0.1, -0.05) is 31.2 Å². The summed E-state index contributed by atoms with van der Waals surface area (Å²) in [5, 5.41) is 4.99. The number of amides is 1. The lowest BCUT2D eigenvalue weighted by molar-refractivity contribution is -0.119. The zero-order chi connectivity index (χ0) is 13.8. The van der Waals surface area contributed by atoms with Gasteiger partial charge in [0.2, 0.25) is 5.91 Å². The monoisotopic (exact) mass is 310 g/mol. The number of halogens is 1. The van der Waals surface area contributed by atoms with Gasteiger partial charge in [0.15, 0.2) is 0 Å². The maximum atomic E-state index is 12.1. The number of carbonyl (C=O) groups is 1. The third-order valence-corrected chi connectivity index (χ3v) is 4.08. The molecule has 5 heteroatoms. The van der Waals surface area contributed by atoms with E-state index in [0.29, 0.717) is 0 Å². The first-order valence-corrected chi connectivity index (χ1v) is 7.17. The molecular weight excluding hydrogens is 292 g/mol. The summed E-state index contributed by atoms with van der Waals surface area (Å²) in [7, 11) is 0. The average Bonchev–Trinajstić information content (AvgIpc) is 2.92.